The summed E-state index contributed by atoms with van der Waals surface area (Å²) >= 11 is 12.7. The van der Waals surface area contributed by atoms with Gasteiger partial charge in [-0.05, 0) is 91.9 Å². The Kier molecular flexibility index (Phi) is 12.1. The summed E-state index contributed by atoms with van der Waals surface area (Å²) in [6.45, 7) is 11.1. The maximum absolute atomic E-state index is 11.7. The zero-order valence-corrected chi connectivity index (χ0v) is 28.0. The van der Waals surface area contributed by atoms with Crippen molar-refractivity contribution in [2.24, 2.45) is 5.92 Å². The van der Waals surface area contributed by atoms with Crippen molar-refractivity contribution in [3.8, 4) is 22.6 Å². The summed E-state index contributed by atoms with van der Waals surface area (Å²) in [5.41, 5.74) is 2.98. The summed E-state index contributed by atoms with van der Waals surface area (Å²) in [6, 6.07) is 11.7. The van der Waals surface area contributed by atoms with Gasteiger partial charge in [-0.1, -0.05) is 23.2 Å². The Morgan fingerprint density at radius 1 is 0.870 bits per heavy atom. The van der Waals surface area contributed by atoms with Crippen molar-refractivity contribution < 1.29 is 19.1 Å². The largest absolute Gasteiger partial charge is 0.466 e. The summed E-state index contributed by atoms with van der Waals surface area (Å²) in [4.78, 5) is 39.1. The lowest BCUT2D eigenvalue weighted by Crippen LogP contribution is -2.47. The number of carbonyl (C=O) groups excluding carboxylic acids is 2. The Labute approximate surface area is 281 Å². The molecule has 0 radical (unpaired) electrons. The van der Waals surface area contributed by atoms with Gasteiger partial charge in [0.05, 0.1) is 25.4 Å². The van der Waals surface area contributed by atoms with Gasteiger partial charge in [-0.2, -0.15) is 0 Å². The van der Waals surface area contributed by atoms with Gasteiger partial charge in [0.2, 0.25) is 11.9 Å². The van der Waals surface area contributed by atoms with Crippen LogP contribution in [0.5, 0.6) is 11.5 Å². The van der Waals surface area contributed by atoms with Crippen LogP contribution in [0.15, 0.2) is 48.8 Å². The van der Waals surface area contributed by atoms with Crippen molar-refractivity contribution in [2.45, 2.75) is 39.7 Å². The summed E-state index contributed by atoms with van der Waals surface area (Å²) in [7, 11) is 0. The fraction of sp³-hybridized carbons (Fsp3) is 0.471. The Morgan fingerprint density at radius 2 is 1.54 bits per heavy atom. The number of carbonyl (C=O) groups is 2. The van der Waals surface area contributed by atoms with E-state index >= 15 is 0 Å². The molecule has 1 aromatic heterocycles. The number of rotatable bonds is 12. The minimum Gasteiger partial charge on any atom is -0.466 e. The third-order valence-corrected chi connectivity index (χ3v) is 8.79. The average Bonchev–Trinajstić information content (AvgIpc) is 3.04. The maximum Gasteiger partial charge on any atom is 0.307 e. The van der Waals surface area contributed by atoms with Gasteiger partial charge in [0.25, 0.3) is 0 Å². The molecule has 3 heterocycles. The van der Waals surface area contributed by atoms with Crippen molar-refractivity contribution in [1.82, 2.24) is 25.1 Å². The second kappa shape index (κ2) is 16.4. The highest BCUT2D eigenvalue weighted by molar-refractivity contribution is 6.35. The van der Waals surface area contributed by atoms with Gasteiger partial charge < -0.3 is 19.7 Å². The SMILES string of the molecule is CCOC(=O)CCN1CCN(c2ncc(Oc3cc(CN4CCC(CNC(C)=O)CC4)cc(-c4cc(Cl)cc(Cl)c4)c3)cn2)CC1. The minimum absolute atomic E-state index is 0.0233. The van der Waals surface area contributed by atoms with Crippen LogP contribution < -0.4 is 15.0 Å². The molecule has 3 aromatic rings. The first-order chi connectivity index (χ1) is 22.2. The topological polar surface area (TPSA) is 100 Å². The number of piperidine rings is 1. The number of nitrogens with zero attached hydrogens (tertiary/aromatic N) is 5. The molecule has 246 valence electrons. The van der Waals surface area contributed by atoms with Gasteiger partial charge in [-0.15, -0.1) is 0 Å². The molecule has 5 rings (SSSR count). The van der Waals surface area contributed by atoms with E-state index in [9.17, 15) is 9.59 Å². The quantitative estimate of drug-likeness (QED) is 0.245. The van der Waals surface area contributed by atoms with Crippen molar-refractivity contribution in [1.29, 1.82) is 0 Å². The molecule has 46 heavy (non-hydrogen) atoms. The lowest BCUT2D eigenvalue weighted by atomic mass is 9.96. The molecule has 10 nitrogen and oxygen atoms in total. The lowest BCUT2D eigenvalue weighted by Gasteiger charge is -2.34. The summed E-state index contributed by atoms with van der Waals surface area (Å²) in [5, 5.41) is 4.10. The van der Waals surface area contributed by atoms with E-state index in [0.29, 0.717) is 53.0 Å². The van der Waals surface area contributed by atoms with E-state index in [1.54, 1.807) is 25.4 Å². The van der Waals surface area contributed by atoms with Crippen molar-refractivity contribution in [2.75, 3.05) is 63.9 Å². The van der Waals surface area contributed by atoms with Gasteiger partial charge in [0.15, 0.2) is 5.75 Å². The van der Waals surface area contributed by atoms with Crippen molar-refractivity contribution in [3.63, 3.8) is 0 Å². The van der Waals surface area contributed by atoms with Crippen LogP contribution in [0.25, 0.3) is 11.1 Å². The van der Waals surface area contributed by atoms with E-state index in [2.05, 4.69) is 42.1 Å². The third-order valence-electron chi connectivity index (χ3n) is 8.36. The van der Waals surface area contributed by atoms with E-state index in [0.717, 1.165) is 81.9 Å². The van der Waals surface area contributed by atoms with Crippen LogP contribution in [0, 0.1) is 5.92 Å². The summed E-state index contributed by atoms with van der Waals surface area (Å²) in [6.07, 6.45) is 5.90. The summed E-state index contributed by atoms with van der Waals surface area (Å²) in [5.74, 6) is 2.25. The van der Waals surface area contributed by atoms with Crippen molar-refractivity contribution in [3.05, 3.63) is 64.4 Å². The molecule has 12 heteroatoms. The zero-order valence-electron chi connectivity index (χ0n) is 26.5. The number of esters is 1. The fourth-order valence-electron chi connectivity index (χ4n) is 5.91. The van der Waals surface area contributed by atoms with Crippen LogP contribution >= 0.6 is 23.2 Å². The van der Waals surface area contributed by atoms with Crippen LogP contribution in [0.1, 0.15) is 38.7 Å². The predicted octanol–water partition coefficient (Wildman–Crippen LogP) is 5.67. The van der Waals surface area contributed by atoms with Gasteiger partial charge in [-0.3, -0.25) is 19.4 Å². The lowest BCUT2D eigenvalue weighted by molar-refractivity contribution is -0.143. The molecule has 2 aromatic carbocycles. The van der Waals surface area contributed by atoms with E-state index in [1.165, 1.54) is 0 Å². The number of benzene rings is 2. The van der Waals surface area contributed by atoms with E-state index < -0.39 is 0 Å². The molecule has 1 amide bonds. The van der Waals surface area contributed by atoms with E-state index in [1.807, 2.05) is 25.1 Å². The first kappa shape index (κ1) is 33.9. The normalized spacial score (nSPS) is 16.3. The molecule has 1 N–H and O–H groups in total. The minimum atomic E-state index is -0.155. The number of hydrogen-bond acceptors (Lipinski definition) is 9. The molecule has 2 saturated heterocycles. The number of piperazine rings is 1. The Balaban J connectivity index is 1.24. The van der Waals surface area contributed by atoms with Crippen LogP contribution in [0.4, 0.5) is 5.95 Å². The number of hydrogen-bond donors (Lipinski definition) is 1. The smallest absolute Gasteiger partial charge is 0.307 e. The Morgan fingerprint density at radius 3 is 2.20 bits per heavy atom. The zero-order chi connectivity index (χ0) is 32.5. The number of aromatic nitrogens is 2. The first-order valence-electron chi connectivity index (χ1n) is 15.9. The van der Waals surface area contributed by atoms with Crippen molar-refractivity contribution >= 4 is 41.0 Å². The number of anilines is 1. The Hall–Kier alpha value is -3.44. The maximum atomic E-state index is 11.7. The van der Waals surface area contributed by atoms with Gasteiger partial charge in [0.1, 0.15) is 5.75 Å². The molecule has 0 aliphatic carbocycles. The molecule has 0 bridgehead atoms. The molecule has 0 spiro atoms. The predicted molar refractivity (Wildman–Crippen MR) is 181 cm³/mol. The number of amides is 1. The standard InChI is InChI=1S/C34H42Cl2N6O4/c1-3-45-33(44)6-9-40-10-12-42(13-11-40)34-38-21-32(22-39-34)46-31-15-26(14-27(18-31)28-16-29(35)19-30(36)17-28)23-41-7-4-25(5-8-41)20-37-24(2)43/h14-19,21-22,25H,3-13,20,23H2,1-2H3,(H,37,43). The molecular formula is C34H42Cl2N6O4. The third kappa shape index (κ3) is 10.0. The van der Waals surface area contributed by atoms with Gasteiger partial charge in [0, 0.05) is 62.8 Å². The second-order valence-corrected chi connectivity index (χ2v) is 12.8. The van der Waals surface area contributed by atoms with Gasteiger partial charge >= 0.3 is 5.97 Å². The fourth-order valence-corrected chi connectivity index (χ4v) is 6.43. The monoisotopic (exact) mass is 668 g/mol. The van der Waals surface area contributed by atoms with Crippen LogP contribution in [-0.4, -0.2) is 90.6 Å². The number of ether oxygens (including phenoxy) is 2. The highest BCUT2D eigenvalue weighted by Gasteiger charge is 2.21. The number of nitrogens with one attached hydrogen (secondary N) is 1. The van der Waals surface area contributed by atoms with Gasteiger partial charge in [-0.25, -0.2) is 9.97 Å². The number of likely N-dealkylation sites (tertiary alicyclic amines) is 1. The van der Waals surface area contributed by atoms with E-state index in [4.69, 9.17) is 32.7 Å². The second-order valence-electron chi connectivity index (χ2n) is 11.9. The first-order valence-corrected chi connectivity index (χ1v) is 16.7. The molecule has 2 aliphatic heterocycles. The van der Waals surface area contributed by atoms with E-state index in [-0.39, 0.29) is 11.9 Å². The highest BCUT2D eigenvalue weighted by Crippen LogP contribution is 2.33. The molecule has 0 saturated carbocycles. The van der Waals surface area contributed by atoms with Crippen LogP contribution in [0.3, 0.4) is 0 Å². The molecule has 0 atom stereocenters. The van der Waals surface area contributed by atoms with Crippen LogP contribution in [0.2, 0.25) is 10.0 Å². The number of halogens is 2. The highest BCUT2D eigenvalue weighted by atomic mass is 35.5. The molecule has 2 aliphatic rings. The molecular weight excluding hydrogens is 627 g/mol. The van der Waals surface area contributed by atoms with Crippen LogP contribution in [-0.2, 0) is 20.9 Å². The average molecular weight is 670 g/mol. The molecule has 0 unspecified atom stereocenters. The Bertz CT molecular complexity index is 1450. The summed E-state index contributed by atoms with van der Waals surface area (Å²) < 4.78 is 11.4. The molecule has 2 fully saturated rings.